The minimum Gasteiger partial charge on any atom is -0.619 e. The molecule has 22 nitrogen and oxygen atoms in total. The molecule has 0 radical (unpaired) electrons. The zero-order valence-corrected chi connectivity index (χ0v) is 52.2. The van der Waals surface area contributed by atoms with Crippen LogP contribution in [0, 0.1) is 27.9 Å². The number of esters is 4. The van der Waals surface area contributed by atoms with Crippen molar-refractivity contribution in [1.82, 2.24) is 19.9 Å². The SMILES string of the molecule is CC#N.CC#N.COC(=O)COc1ccc(C2(C)c3ccc([nH]3)C(C)(c3ccc(OCC(=O)OC)cc3)c3ccc([nH]3)C(C)(c3ccc(OCC(=O)OC)cc3)c3ccc([nH]3)C(C)(c3ccc(OCC(=O)OC)cc3)c3ccc2[nH]3)cc1.O.O.[O-][n+]1ccccc1. The van der Waals surface area contributed by atoms with Gasteiger partial charge in [-0.15, -0.1) is 0 Å². The largest absolute Gasteiger partial charge is 0.619 e. The number of benzene rings is 4. The lowest BCUT2D eigenvalue weighted by Crippen LogP contribution is -2.32. The lowest BCUT2D eigenvalue weighted by atomic mass is 9.76. The number of methoxy groups -OCH3 is 4. The van der Waals surface area contributed by atoms with E-state index in [4.69, 9.17) is 48.4 Å². The molecule has 0 aliphatic carbocycles. The first-order valence-corrected chi connectivity index (χ1v) is 28.1. The smallest absolute Gasteiger partial charge is 0.343 e. The van der Waals surface area contributed by atoms with E-state index in [1.54, 1.807) is 30.3 Å². The van der Waals surface area contributed by atoms with Crippen LogP contribution in [0.2, 0.25) is 0 Å². The van der Waals surface area contributed by atoms with Gasteiger partial charge in [0.05, 0.1) is 62.2 Å². The predicted molar refractivity (Wildman–Crippen MR) is 336 cm³/mol. The van der Waals surface area contributed by atoms with Crippen molar-refractivity contribution in [2.24, 2.45) is 0 Å². The molecule has 22 heteroatoms. The number of rotatable bonds is 16. The Hall–Kier alpha value is -11.1. The lowest BCUT2D eigenvalue weighted by molar-refractivity contribution is -0.605. The Morgan fingerprint density at radius 3 is 0.692 bits per heavy atom. The van der Waals surface area contributed by atoms with E-state index in [9.17, 15) is 24.4 Å². The molecule has 1 aliphatic rings. The number of hydrogen-bond acceptors (Lipinski definition) is 15. The quantitative estimate of drug-likeness (QED) is 0.0304. The molecule has 0 unspecified atom stereocenters. The number of pyridine rings is 1. The van der Waals surface area contributed by atoms with Crippen LogP contribution in [0.25, 0.3) is 0 Å². The van der Waals surface area contributed by atoms with Crippen molar-refractivity contribution in [3.05, 3.63) is 249 Å². The fraction of sp³-hybridized carbons (Fsp3) is 0.261. The van der Waals surface area contributed by atoms with Crippen molar-refractivity contribution in [3.8, 4) is 35.1 Å². The summed E-state index contributed by atoms with van der Waals surface area (Å²) in [5.41, 5.74) is 7.23. The van der Waals surface area contributed by atoms with Crippen molar-refractivity contribution >= 4 is 23.9 Å². The van der Waals surface area contributed by atoms with E-state index in [1.807, 2.05) is 97.1 Å². The zero-order valence-electron chi connectivity index (χ0n) is 52.2. The number of ether oxygens (including phenoxy) is 8. The van der Waals surface area contributed by atoms with Crippen LogP contribution in [-0.4, -0.2) is 110 Å². The Labute approximate surface area is 527 Å². The second-order valence-corrected chi connectivity index (χ2v) is 20.9. The number of nitrogens with one attached hydrogen (secondary N) is 4. The maximum Gasteiger partial charge on any atom is 0.343 e. The van der Waals surface area contributed by atoms with Gasteiger partial charge < -0.3 is 74.0 Å². The Balaban J connectivity index is 0.000000907. The zero-order chi connectivity index (χ0) is 64.4. The molecule has 8 bridgehead atoms. The molecule has 10 rings (SSSR count). The standard InChI is InChI=1S/C60H60N4O12.C5H5NO.2C2H3N.2H2O/c1-57(37-9-17-41(18-10-37)73-33-53(65)69-5)45-25-27-47(61-45)58(2,38-11-19-42(20-12-38)74-34-54(66)70-6)49-29-31-51(63-49)60(4,40-15-23-44(24-16-40)76-36-56(68)72-8)52-32-30-50(64-52)59(3,48-28-26-46(57)62-48)39-13-21-43(22-14-39)75-35-55(67)71-7;7-6-4-2-1-3-5-6;2*1-2-3;;/h9-32,61-64H,33-36H2,1-8H3;1-5H;2*1H3;2*1H2. The molecule has 91 heavy (non-hydrogen) atoms. The first kappa shape index (κ1) is 70.7. The highest BCUT2D eigenvalue weighted by Crippen LogP contribution is 2.48. The van der Waals surface area contributed by atoms with Crippen molar-refractivity contribution in [2.45, 2.75) is 63.2 Å². The molecular weight excluding hydrogens is 1170 g/mol. The summed E-state index contributed by atoms with van der Waals surface area (Å²) in [5, 5.41) is 24.8. The molecule has 6 heterocycles. The first-order valence-electron chi connectivity index (χ1n) is 28.1. The van der Waals surface area contributed by atoms with E-state index in [1.165, 1.54) is 54.7 Å². The summed E-state index contributed by atoms with van der Waals surface area (Å²) in [6.07, 6.45) is 2.89. The summed E-state index contributed by atoms with van der Waals surface area (Å²) in [5.74, 6) is 0.0499. The van der Waals surface area contributed by atoms with Gasteiger partial charge in [-0.25, -0.2) is 19.2 Å². The highest BCUT2D eigenvalue weighted by molar-refractivity contribution is 5.72. The predicted octanol–water partition coefficient (Wildman–Crippen LogP) is 8.67. The van der Waals surface area contributed by atoms with Gasteiger partial charge in [0, 0.05) is 71.5 Å². The van der Waals surface area contributed by atoms with E-state index in [0.717, 1.165) is 72.5 Å². The minimum atomic E-state index is -0.861. The third-order valence-electron chi connectivity index (χ3n) is 15.8. The fourth-order valence-electron chi connectivity index (χ4n) is 10.5. The van der Waals surface area contributed by atoms with Gasteiger partial charge in [-0.1, -0.05) is 54.6 Å². The molecule has 476 valence electrons. The van der Waals surface area contributed by atoms with Crippen LogP contribution in [0.15, 0.2) is 176 Å². The van der Waals surface area contributed by atoms with Crippen molar-refractivity contribution in [3.63, 3.8) is 0 Å². The van der Waals surface area contributed by atoms with Gasteiger partial charge in [0.15, 0.2) is 38.8 Å². The Morgan fingerprint density at radius 1 is 0.374 bits per heavy atom. The fourth-order valence-corrected chi connectivity index (χ4v) is 10.5. The normalized spacial score (nSPS) is 17.3. The number of nitriles is 2. The number of aromatic nitrogens is 5. The van der Waals surface area contributed by atoms with Crippen LogP contribution in [-0.2, 0) is 59.8 Å². The summed E-state index contributed by atoms with van der Waals surface area (Å²) in [6.45, 7) is 10.6. The number of carbonyl (C=O) groups is 4. The Kier molecular flexibility index (Phi) is 24.6. The molecule has 0 spiro atoms. The maximum atomic E-state index is 12.0. The second-order valence-electron chi connectivity index (χ2n) is 20.9. The van der Waals surface area contributed by atoms with Gasteiger partial charge in [-0.3, -0.25) is 0 Å². The van der Waals surface area contributed by atoms with Crippen molar-refractivity contribution < 1.29 is 72.8 Å². The summed E-state index contributed by atoms with van der Waals surface area (Å²) in [7, 11) is 5.28. The first-order chi connectivity index (χ1) is 42.8. The Morgan fingerprint density at radius 2 is 0.549 bits per heavy atom. The van der Waals surface area contributed by atoms with Gasteiger partial charge in [0.25, 0.3) is 0 Å². The highest BCUT2D eigenvalue weighted by Gasteiger charge is 2.44. The third kappa shape index (κ3) is 15.6. The monoisotopic (exact) mass is 1240 g/mol. The van der Waals surface area contributed by atoms with Crippen molar-refractivity contribution in [1.29, 1.82) is 10.5 Å². The molecule has 1 aliphatic heterocycles. The molecule has 9 aromatic rings. The summed E-state index contributed by atoms with van der Waals surface area (Å²) in [6, 6.07) is 56.3. The van der Waals surface area contributed by atoms with E-state index in [-0.39, 0.29) is 37.4 Å². The molecule has 0 atom stereocenters. The average molecular weight is 1240 g/mol. The van der Waals surface area contributed by atoms with Gasteiger partial charge >= 0.3 is 23.9 Å². The van der Waals surface area contributed by atoms with E-state index < -0.39 is 45.5 Å². The van der Waals surface area contributed by atoms with Crippen LogP contribution >= 0.6 is 0 Å². The minimum absolute atomic E-state index is 0. The number of hydrogen-bond donors (Lipinski definition) is 4. The van der Waals surface area contributed by atoms with E-state index in [2.05, 4.69) is 96.2 Å². The molecule has 4 aromatic carbocycles. The molecule has 8 N–H and O–H groups in total. The van der Waals surface area contributed by atoms with Gasteiger partial charge in [0.1, 0.15) is 23.0 Å². The van der Waals surface area contributed by atoms with Gasteiger partial charge in [-0.2, -0.15) is 15.3 Å². The number of fused-ring (bicyclic) bond motifs is 8. The summed E-state index contributed by atoms with van der Waals surface area (Å²) in [4.78, 5) is 63.9. The summed E-state index contributed by atoms with van der Waals surface area (Å²) < 4.78 is 43.2. The molecule has 0 saturated heterocycles. The molecule has 0 amide bonds. The summed E-state index contributed by atoms with van der Waals surface area (Å²) >= 11 is 0. The van der Waals surface area contributed by atoms with Gasteiger partial charge in [-0.05, 0) is 147 Å². The molecule has 0 saturated carbocycles. The van der Waals surface area contributed by atoms with E-state index >= 15 is 0 Å². The topological polar surface area (TPSA) is 343 Å². The van der Waals surface area contributed by atoms with Crippen LogP contribution in [0.4, 0.5) is 0 Å². The third-order valence-corrected chi connectivity index (χ3v) is 15.8. The van der Waals surface area contributed by atoms with Crippen LogP contribution in [0.1, 0.15) is 109 Å². The number of H-pyrrole nitrogens is 4. The average Bonchev–Trinajstić information content (AvgIpc) is 1.60. The van der Waals surface area contributed by atoms with E-state index in [0.29, 0.717) is 23.0 Å². The van der Waals surface area contributed by atoms with Crippen molar-refractivity contribution in [2.75, 3.05) is 54.9 Å². The van der Waals surface area contributed by atoms with Crippen LogP contribution in [0.5, 0.6) is 23.0 Å². The number of carbonyl (C=O) groups excluding carboxylic acids is 4. The van der Waals surface area contributed by atoms with Gasteiger partial charge in [0.2, 0.25) is 0 Å². The lowest BCUT2D eigenvalue weighted by Gasteiger charge is -2.34. The molecular formula is C69H75N7O15. The maximum absolute atomic E-state index is 12.0. The second kappa shape index (κ2) is 31.7. The Bertz CT molecular complexity index is 3360. The molecule has 0 fully saturated rings. The number of aromatic amines is 4. The van der Waals surface area contributed by atoms with Crippen LogP contribution < -0.4 is 23.7 Å². The number of nitrogens with zero attached hydrogens (tertiary/aromatic N) is 3. The highest BCUT2D eigenvalue weighted by atomic mass is 16.6. The molecule has 5 aromatic heterocycles. The van der Waals surface area contributed by atoms with Crippen LogP contribution in [0.3, 0.4) is 0 Å².